The fraction of sp³-hybridized carbons (Fsp3) is 0.429. The van der Waals surface area contributed by atoms with Gasteiger partial charge in [-0.05, 0) is 17.5 Å². The number of hydrogen-bond acceptors (Lipinski definition) is 3. The Kier molecular flexibility index (Phi) is 5.37. The van der Waals surface area contributed by atoms with Gasteiger partial charge in [0.05, 0.1) is 11.8 Å². The molecule has 5 nitrogen and oxygen atoms in total. The van der Waals surface area contributed by atoms with Gasteiger partial charge < -0.3 is 15.7 Å². The van der Waals surface area contributed by atoms with Gasteiger partial charge in [0.2, 0.25) is 0 Å². The van der Waals surface area contributed by atoms with Crippen LogP contribution in [-0.2, 0) is 9.59 Å². The summed E-state index contributed by atoms with van der Waals surface area (Å²) in [6.07, 6.45) is -0.847. The highest BCUT2D eigenvalue weighted by Crippen LogP contribution is 2.18. The molecule has 7 heteroatoms. The smallest absolute Gasteiger partial charge is 0.313 e. The van der Waals surface area contributed by atoms with E-state index in [9.17, 15) is 23.5 Å². The topological polar surface area (TPSA) is 78.4 Å². The number of amides is 2. The van der Waals surface area contributed by atoms with Crippen LogP contribution in [0, 0.1) is 17.0 Å². The lowest BCUT2D eigenvalue weighted by Gasteiger charge is -2.25. The number of halogens is 2. The maximum atomic E-state index is 13.3. The van der Waals surface area contributed by atoms with Gasteiger partial charge in [0.1, 0.15) is 11.6 Å². The predicted octanol–water partition coefficient (Wildman–Crippen LogP) is 1.43. The Bertz CT molecular complexity index is 542. The highest BCUT2D eigenvalue weighted by Gasteiger charge is 2.24. The Morgan fingerprint density at radius 1 is 1.24 bits per heavy atom. The van der Waals surface area contributed by atoms with E-state index >= 15 is 0 Å². The molecule has 2 amide bonds. The molecule has 0 bridgehead atoms. The minimum Gasteiger partial charge on any atom is -0.391 e. The van der Waals surface area contributed by atoms with E-state index in [1.807, 2.05) is 5.32 Å². The molecule has 0 heterocycles. The van der Waals surface area contributed by atoms with Gasteiger partial charge in [-0.15, -0.1) is 0 Å². The zero-order valence-electron chi connectivity index (χ0n) is 12.0. The molecule has 3 N–H and O–H groups in total. The number of aliphatic hydroxyl groups excluding tert-OH is 1. The Morgan fingerprint density at radius 2 is 1.86 bits per heavy atom. The third kappa shape index (κ3) is 5.11. The number of benzene rings is 1. The summed E-state index contributed by atoms with van der Waals surface area (Å²) in [5, 5.41) is 13.9. The second kappa shape index (κ2) is 6.62. The Hall–Kier alpha value is -2.02. The van der Waals surface area contributed by atoms with Gasteiger partial charge in [0, 0.05) is 12.6 Å². The zero-order valence-corrected chi connectivity index (χ0v) is 12.0. The van der Waals surface area contributed by atoms with E-state index < -0.39 is 40.7 Å². The van der Waals surface area contributed by atoms with Crippen molar-refractivity contribution >= 4 is 17.5 Å². The summed E-state index contributed by atoms with van der Waals surface area (Å²) in [6, 6.07) is 2.50. The number of aliphatic hydroxyl groups is 1. The molecular formula is C14H18F2N2O3. The Balaban J connectivity index is 2.60. The van der Waals surface area contributed by atoms with E-state index in [4.69, 9.17) is 0 Å². The molecule has 116 valence electrons. The van der Waals surface area contributed by atoms with Crippen molar-refractivity contribution in [2.45, 2.75) is 26.9 Å². The van der Waals surface area contributed by atoms with Crippen molar-refractivity contribution in [1.29, 1.82) is 0 Å². The van der Waals surface area contributed by atoms with E-state index in [0.717, 1.165) is 18.2 Å². The molecule has 0 aliphatic rings. The predicted molar refractivity (Wildman–Crippen MR) is 73.5 cm³/mol. The van der Waals surface area contributed by atoms with Gasteiger partial charge in [0.25, 0.3) is 0 Å². The number of carbonyl (C=O) groups is 2. The fourth-order valence-electron chi connectivity index (χ4n) is 1.35. The SMILES string of the molecule is CC(C)(C)C(O)CNC(=O)C(=O)Nc1cc(F)ccc1F. The summed E-state index contributed by atoms with van der Waals surface area (Å²) in [7, 11) is 0. The molecule has 0 aliphatic carbocycles. The van der Waals surface area contributed by atoms with Crippen molar-refractivity contribution in [3.05, 3.63) is 29.8 Å². The van der Waals surface area contributed by atoms with E-state index in [1.54, 1.807) is 20.8 Å². The first-order valence-corrected chi connectivity index (χ1v) is 6.33. The number of nitrogens with one attached hydrogen (secondary N) is 2. The van der Waals surface area contributed by atoms with E-state index in [2.05, 4.69) is 5.32 Å². The third-order valence-corrected chi connectivity index (χ3v) is 2.84. The number of rotatable bonds is 3. The van der Waals surface area contributed by atoms with E-state index in [0.29, 0.717) is 0 Å². The second-order valence-corrected chi connectivity index (χ2v) is 5.67. The highest BCUT2D eigenvalue weighted by atomic mass is 19.1. The van der Waals surface area contributed by atoms with Crippen LogP contribution in [0.25, 0.3) is 0 Å². The summed E-state index contributed by atoms with van der Waals surface area (Å²) in [6.45, 7) is 5.19. The highest BCUT2D eigenvalue weighted by molar-refractivity contribution is 6.39. The molecule has 0 saturated carbocycles. The monoisotopic (exact) mass is 300 g/mol. The van der Waals surface area contributed by atoms with Crippen LogP contribution in [0.5, 0.6) is 0 Å². The molecule has 1 atom stereocenters. The largest absolute Gasteiger partial charge is 0.391 e. The molecule has 1 aromatic rings. The number of carbonyl (C=O) groups excluding carboxylic acids is 2. The molecule has 0 spiro atoms. The van der Waals surface area contributed by atoms with Crippen LogP contribution in [0.3, 0.4) is 0 Å². The Morgan fingerprint density at radius 3 is 2.43 bits per heavy atom. The van der Waals surface area contributed by atoms with Gasteiger partial charge >= 0.3 is 11.8 Å². The van der Waals surface area contributed by atoms with Crippen molar-refractivity contribution in [2.75, 3.05) is 11.9 Å². The standard InChI is InChI=1S/C14H18F2N2O3/c1-14(2,3)11(19)7-17-12(20)13(21)18-10-6-8(15)4-5-9(10)16/h4-6,11,19H,7H2,1-3H3,(H,17,20)(H,18,21). The average Bonchev–Trinajstić information content (AvgIpc) is 2.38. The van der Waals surface area contributed by atoms with Gasteiger partial charge in [-0.3, -0.25) is 9.59 Å². The number of hydrogen-bond donors (Lipinski definition) is 3. The molecule has 0 aromatic heterocycles. The van der Waals surface area contributed by atoms with Crippen molar-refractivity contribution in [1.82, 2.24) is 5.32 Å². The molecule has 0 saturated heterocycles. The summed E-state index contributed by atoms with van der Waals surface area (Å²) in [5.41, 5.74) is -0.884. The van der Waals surface area contributed by atoms with Gasteiger partial charge in [0.15, 0.2) is 0 Å². The molecule has 1 rings (SSSR count). The van der Waals surface area contributed by atoms with Crippen LogP contribution >= 0.6 is 0 Å². The van der Waals surface area contributed by atoms with Crippen LogP contribution in [0.15, 0.2) is 18.2 Å². The summed E-state index contributed by atoms with van der Waals surface area (Å²) in [5.74, 6) is -3.77. The third-order valence-electron chi connectivity index (χ3n) is 2.84. The fourth-order valence-corrected chi connectivity index (χ4v) is 1.35. The first-order chi connectivity index (χ1) is 9.61. The Labute approximate surface area is 121 Å². The molecule has 1 unspecified atom stereocenters. The first kappa shape index (κ1) is 17.0. The van der Waals surface area contributed by atoms with Gasteiger partial charge in [-0.2, -0.15) is 0 Å². The molecule has 1 aromatic carbocycles. The van der Waals surface area contributed by atoms with Crippen molar-refractivity contribution in [3.8, 4) is 0 Å². The molecule has 0 fully saturated rings. The van der Waals surface area contributed by atoms with Crippen molar-refractivity contribution in [2.24, 2.45) is 5.41 Å². The summed E-state index contributed by atoms with van der Waals surface area (Å²) >= 11 is 0. The van der Waals surface area contributed by atoms with Crippen LogP contribution in [0.2, 0.25) is 0 Å². The minimum atomic E-state index is -1.14. The first-order valence-electron chi connectivity index (χ1n) is 6.33. The second-order valence-electron chi connectivity index (χ2n) is 5.67. The van der Waals surface area contributed by atoms with Gasteiger partial charge in [-0.1, -0.05) is 20.8 Å². The molecule has 0 aliphatic heterocycles. The molecule has 21 heavy (non-hydrogen) atoms. The normalized spacial score (nSPS) is 12.7. The lowest BCUT2D eigenvalue weighted by Crippen LogP contribution is -2.43. The van der Waals surface area contributed by atoms with Crippen LogP contribution in [0.1, 0.15) is 20.8 Å². The quantitative estimate of drug-likeness (QED) is 0.739. The minimum absolute atomic E-state index is 0.124. The summed E-state index contributed by atoms with van der Waals surface area (Å²) in [4.78, 5) is 23.1. The van der Waals surface area contributed by atoms with E-state index in [1.165, 1.54) is 0 Å². The van der Waals surface area contributed by atoms with E-state index in [-0.39, 0.29) is 6.54 Å². The molecular weight excluding hydrogens is 282 g/mol. The molecule has 0 radical (unpaired) electrons. The average molecular weight is 300 g/mol. The van der Waals surface area contributed by atoms with Crippen LogP contribution in [0.4, 0.5) is 14.5 Å². The van der Waals surface area contributed by atoms with Crippen molar-refractivity contribution in [3.63, 3.8) is 0 Å². The van der Waals surface area contributed by atoms with Crippen LogP contribution < -0.4 is 10.6 Å². The maximum Gasteiger partial charge on any atom is 0.313 e. The lowest BCUT2D eigenvalue weighted by atomic mass is 9.89. The van der Waals surface area contributed by atoms with Gasteiger partial charge in [-0.25, -0.2) is 8.78 Å². The number of anilines is 1. The maximum absolute atomic E-state index is 13.3. The lowest BCUT2D eigenvalue weighted by molar-refractivity contribution is -0.136. The van der Waals surface area contributed by atoms with Crippen molar-refractivity contribution < 1.29 is 23.5 Å². The summed E-state index contributed by atoms with van der Waals surface area (Å²) < 4.78 is 26.2. The zero-order chi connectivity index (χ0) is 16.2. The van der Waals surface area contributed by atoms with Crippen LogP contribution in [-0.4, -0.2) is 29.6 Å².